The molecule has 0 radical (unpaired) electrons. The Morgan fingerprint density at radius 2 is 1.45 bits per heavy atom. The molecule has 0 amide bonds. The van der Waals surface area contributed by atoms with Gasteiger partial charge < -0.3 is 14.2 Å². The van der Waals surface area contributed by atoms with Gasteiger partial charge in [-0.3, -0.25) is 10.1 Å². The first-order valence-electron chi connectivity index (χ1n) is 10.4. The second kappa shape index (κ2) is 9.87. The van der Waals surface area contributed by atoms with Gasteiger partial charge >= 0.3 is 0 Å². The van der Waals surface area contributed by atoms with Crippen molar-refractivity contribution in [1.82, 2.24) is 0 Å². The lowest BCUT2D eigenvalue weighted by Crippen LogP contribution is -2.01. The minimum atomic E-state index is -0.376. The maximum absolute atomic E-state index is 12.1. The summed E-state index contributed by atoms with van der Waals surface area (Å²) >= 11 is 0. The van der Waals surface area contributed by atoms with Gasteiger partial charge in [0.2, 0.25) is 0 Å². The van der Waals surface area contributed by atoms with E-state index in [-0.39, 0.29) is 10.6 Å². The zero-order valence-corrected chi connectivity index (χ0v) is 18.4. The molecule has 33 heavy (non-hydrogen) atoms. The molecule has 0 spiro atoms. The van der Waals surface area contributed by atoms with Gasteiger partial charge in [0.1, 0.15) is 23.9 Å². The first kappa shape index (κ1) is 21.9. The molecule has 0 heterocycles. The summed E-state index contributed by atoms with van der Waals surface area (Å²) < 4.78 is 17.1. The second-order valence-corrected chi connectivity index (χ2v) is 7.29. The summed E-state index contributed by atoms with van der Waals surface area (Å²) in [6.45, 7) is 0.311. The number of nitro groups is 1. The van der Waals surface area contributed by atoms with Gasteiger partial charge in [0.15, 0.2) is 0 Å². The number of methoxy groups -OCH3 is 2. The van der Waals surface area contributed by atoms with Crippen molar-refractivity contribution in [3.63, 3.8) is 0 Å². The van der Waals surface area contributed by atoms with Gasteiger partial charge in [0.05, 0.1) is 24.7 Å². The third kappa shape index (κ3) is 4.65. The summed E-state index contributed by atoms with van der Waals surface area (Å²) in [5.41, 5.74) is 3.45. The molecule has 0 bridgehead atoms. The summed E-state index contributed by atoms with van der Waals surface area (Å²) in [6.07, 6.45) is 0. The Morgan fingerprint density at radius 1 is 0.727 bits per heavy atom. The van der Waals surface area contributed by atoms with Crippen LogP contribution in [-0.2, 0) is 6.61 Å². The van der Waals surface area contributed by atoms with E-state index in [1.54, 1.807) is 38.5 Å². The molecule has 0 aliphatic heterocycles. The van der Waals surface area contributed by atoms with Crippen LogP contribution < -0.4 is 14.2 Å². The van der Waals surface area contributed by atoms with Crippen molar-refractivity contribution in [3.05, 3.63) is 107 Å². The molecule has 0 N–H and O–H groups in total. The monoisotopic (exact) mass is 441 g/mol. The lowest BCUT2D eigenvalue weighted by molar-refractivity contribution is -0.384. The topological polar surface area (TPSA) is 70.8 Å². The van der Waals surface area contributed by atoms with E-state index in [1.165, 1.54) is 6.07 Å². The summed E-state index contributed by atoms with van der Waals surface area (Å²) in [7, 11) is 3.15. The van der Waals surface area contributed by atoms with Crippen LogP contribution in [0.15, 0.2) is 91.0 Å². The Hall–Kier alpha value is -4.32. The van der Waals surface area contributed by atoms with Crippen LogP contribution in [0.25, 0.3) is 22.3 Å². The van der Waals surface area contributed by atoms with E-state index < -0.39 is 0 Å². The van der Waals surface area contributed by atoms with Crippen molar-refractivity contribution in [3.8, 4) is 39.5 Å². The fourth-order valence-corrected chi connectivity index (χ4v) is 3.76. The maximum Gasteiger partial charge on any atom is 0.277 e. The normalized spacial score (nSPS) is 10.5. The zero-order chi connectivity index (χ0) is 23.2. The highest BCUT2D eigenvalue weighted by atomic mass is 16.6. The summed E-state index contributed by atoms with van der Waals surface area (Å²) in [5.74, 6) is 1.71. The molecule has 0 aliphatic rings. The summed E-state index contributed by atoms with van der Waals surface area (Å²) in [4.78, 5) is 11.7. The maximum atomic E-state index is 12.1. The second-order valence-electron chi connectivity index (χ2n) is 7.29. The molecule has 6 heteroatoms. The average molecular weight is 441 g/mol. The molecular formula is C27H23NO5. The SMILES string of the molecule is COc1ccc(-c2c(-c3ccccc3OC)cccc2[N+](=O)[O-])c(OCc2ccccc2)c1. The summed E-state index contributed by atoms with van der Waals surface area (Å²) in [6, 6.07) is 27.5. The van der Waals surface area contributed by atoms with Gasteiger partial charge in [0, 0.05) is 28.8 Å². The third-order valence-electron chi connectivity index (χ3n) is 5.33. The Morgan fingerprint density at radius 3 is 2.18 bits per heavy atom. The van der Waals surface area contributed by atoms with Crippen LogP contribution in [0.1, 0.15) is 5.56 Å². The van der Waals surface area contributed by atoms with Crippen molar-refractivity contribution in [1.29, 1.82) is 0 Å². The largest absolute Gasteiger partial charge is 0.497 e. The highest BCUT2D eigenvalue weighted by Gasteiger charge is 2.24. The van der Waals surface area contributed by atoms with E-state index in [2.05, 4.69) is 0 Å². The number of nitro benzene ring substituents is 1. The van der Waals surface area contributed by atoms with Crippen molar-refractivity contribution in [2.24, 2.45) is 0 Å². The standard InChI is InChI=1S/C27H23NO5/c1-31-20-15-16-23(26(17-20)33-18-19-9-4-3-5-10-19)27-22(12-8-13-24(27)28(29)30)21-11-6-7-14-25(21)32-2/h3-17H,18H2,1-2H3. The summed E-state index contributed by atoms with van der Waals surface area (Å²) in [5, 5.41) is 12.1. The number of rotatable bonds is 8. The highest BCUT2D eigenvalue weighted by Crippen LogP contribution is 2.46. The fraction of sp³-hybridized carbons (Fsp3) is 0.111. The van der Waals surface area contributed by atoms with Crippen LogP contribution in [0.5, 0.6) is 17.2 Å². The number of nitrogens with zero attached hydrogens (tertiary/aromatic N) is 1. The molecule has 4 aromatic carbocycles. The van der Waals surface area contributed by atoms with Crippen molar-refractivity contribution >= 4 is 5.69 Å². The van der Waals surface area contributed by atoms with Gasteiger partial charge in [-0.15, -0.1) is 0 Å². The molecule has 0 atom stereocenters. The molecular weight excluding hydrogens is 418 g/mol. The minimum Gasteiger partial charge on any atom is -0.497 e. The van der Waals surface area contributed by atoms with E-state index >= 15 is 0 Å². The van der Waals surface area contributed by atoms with Crippen LogP contribution >= 0.6 is 0 Å². The Bertz CT molecular complexity index is 1270. The van der Waals surface area contributed by atoms with E-state index in [4.69, 9.17) is 14.2 Å². The Labute approximate surface area is 192 Å². The predicted molar refractivity (Wildman–Crippen MR) is 128 cm³/mol. The van der Waals surface area contributed by atoms with Crippen LogP contribution in [0, 0.1) is 10.1 Å². The number of hydrogen-bond acceptors (Lipinski definition) is 5. The van der Waals surface area contributed by atoms with Crippen LogP contribution in [0.2, 0.25) is 0 Å². The average Bonchev–Trinajstić information content (AvgIpc) is 2.87. The van der Waals surface area contributed by atoms with Gasteiger partial charge in [0.25, 0.3) is 5.69 Å². The molecule has 0 fully saturated rings. The molecule has 4 aromatic rings. The first-order chi connectivity index (χ1) is 16.1. The Balaban J connectivity index is 1.91. The predicted octanol–water partition coefficient (Wildman–Crippen LogP) is 6.53. The molecule has 0 aromatic heterocycles. The molecule has 0 saturated carbocycles. The Kier molecular flexibility index (Phi) is 6.55. The van der Waals surface area contributed by atoms with E-state index in [1.807, 2.05) is 60.7 Å². The number of benzene rings is 4. The molecule has 0 aliphatic carbocycles. The molecule has 166 valence electrons. The fourth-order valence-electron chi connectivity index (χ4n) is 3.76. The van der Waals surface area contributed by atoms with Crippen LogP contribution in [0.4, 0.5) is 5.69 Å². The van der Waals surface area contributed by atoms with Crippen LogP contribution in [0.3, 0.4) is 0 Å². The molecule has 6 nitrogen and oxygen atoms in total. The molecule has 0 saturated heterocycles. The number of ether oxygens (including phenoxy) is 3. The van der Waals surface area contributed by atoms with E-state index in [0.29, 0.717) is 40.5 Å². The lowest BCUT2D eigenvalue weighted by atomic mass is 9.92. The zero-order valence-electron chi connectivity index (χ0n) is 18.4. The van der Waals surface area contributed by atoms with Crippen molar-refractivity contribution in [2.75, 3.05) is 14.2 Å². The quantitative estimate of drug-likeness (QED) is 0.230. The van der Waals surface area contributed by atoms with Crippen molar-refractivity contribution < 1.29 is 19.1 Å². The van der Waals surface area contributed by atoms with Gasteiger partial charge in [-0.1, -0.05) is 60.7 Å². The third-order valence-corrected chi connectivity index (χ3v) is 5.33. The number of para-hydroxylation sites is 1. The lowest BCUT2D eigenvalue weighted by Gasteiger charge is -2.17. The first-order valence-corrected chi connectivity index (χ1v) is 10.4. The van der Waals surface area contributed by atoms with Gasteiger partial charge in [-0.25, -0.2) is 0 Å². The highest BCUT2D eigenvalue weighted by molar-refractivity contribution is 5.93. The van der Waals surface area contributed by atoms with E-state index in [9.17, 15) is 10.1 Å². The minimum absolute atomic E-state index is 0.0202. The van der Waals surface area contributed by atoms with Gasteiger partial charge in [-0.05, 0) is 23.8 Å². The smallest absolute Gasteiger partial charge is 0.277 e. The van der Waals surface area contributed by atoms with Crippen LogP contribution in [-0.4, -0.2) is 19.1 Å². The van der Waals surface area contributed by atoms with E-state index in [0.717, 1.165) is 11.1 Å². The number of hydrogen-bond donors (Lipinski definition) is 0. The molecule has 0 unspecified atom stereocenters. The van der Waals surface area contributed by atoms with Gasteiger partial charge in [-0.2, -0.15) is 0 Å². The molecule has 4 rings (SSSR count). The van der Waals surface area contributed by atoms with Crippen molar-refractivity contribution in [2.45, 2.75) is 6.61 Å².